The molecule has 0 aliphatic heterocycles. The molecule has 1 aromatic carbocycles. The first-order valence-electron chi connectivity index (χ1n) is 6.75. The highest BCUT2D eigenvalue weighted by atomic mass is 79.9. The molecule has 1 fully saturated rings. The summed E-state index contributed by atoms with van der Waals surface area (Å²) in [6, 6.07) is 5.16. The van der Waals surface area contributed by atoms with E-state index >= 15 is 0 Å². The average molecular weight is 351 g/mol. The van der Waals surface area contributed by atoms with Crippen LogP contribution in [0, 0.1) is 10.1 Å². The molecule has 0 atom stereocenters. The number of aromatic nitrogens is 2. The van der Waals surface area contributed by atoms with Crippen molar-refractivity contribution in [2.45, 2.75) is 25.3 Å². The van der Waals surface area contributed by atoms with E-state index in [2.05, 4.69) is 30.8 Å². The molecule has 3 rings (SSSR count). The van der Waals surface area contributed by atoms with Gasteiger partial charge in [0.15, 0.2) is 0 Å². The summed E-state index contributed by atoms with van der Waals surface area (Å²) in [5.74, 6) is 0.587. The van der Waals surface area contributed by atoms with Crippen LogP contribution in [0.25, 0.3) is 0 Å². The third-order valence-corrected chi connectivity index (χ3v) is 4.29. The van der Waals surface area contributed by atoms with Crippen LogP contribution < -0.4 is 5.32 Å². The molecule has 7 heteroatoms. The molecule has 1 aliphatic carbocycles. The van der Waals surface area contributed by atoms with Crippen LogP contribution in [0.1, 0.15) is 30.0 Å². The van der Waals surface area contributed by atoms with E-state index in [0.29, 0.717) is 18.2 Å². The number of nitro groups is 1. The molecule has 1 N–H and O–H groups in total. The van der Waals surface area contributed by atoms with Crippen molar-refractivity contribution in [1.29, 1.82) is 0 Å². The fourth-order valence-electron chi connectivity index (χ4n) is 2.49. The van der Waals surface area contributed by atoms with Crippen molar-refractivity contribution in [3.05, 3.63) is 50.5 Å². The Morgan fingerprint density at radius 2 is 2.29 bits per heavy atom. The highest BCUT2D eigenvalue weighted by Crippen LogP contribution is 2.43. The third kappa shape index (κ3) is 2.78. The maximum absolute atomic E-state index is 10.9. The molecule has 0 unspecified atom stereocenters. The van der Waals surface area contributed by atoms with Gasteiger partial charge in [0.05, 0.1) is 16.9 Å². The lowest BCUT2D eigenvalue weighted by Gasteiger charge is -2.10. The van der Waals surface area contributed by atoms with E-state index in [-0.39, 0.29) is 10.6 Å². The minimum Gasteiger partial charge on any atom is -0.383 e. The van der Waals surface area contributed by atoms with E-state index in [0.717, 1.165) is 10.2 Å². The summed E-state index contributed by atoms with van der Waals surface area (Å²) in [6.45, 7) is 0.664. The Morgan fingerprint density at radius 1 is 1.52 bits per heavy atom. The van der Waals surface area contributed by atoms with Crippen molar-refractivity contribution in [2.24, 2.45) is 0 Å². The second-order valence-electron chi connectivity index (χ2n) is 5.18. The van der Waals surface area contributed by atoms with Gasteiger partial charge in [-0.25, -0.2) is 4.98 Å². The Balaban J connectivity index is 1.90. The van der Waals surface area contributed by atoms with Crippen molar-refractivity contribution in [3.63, 3.8) is 0 Å². The van der Waals surface area contributed by atoms with Crippen LogP contribution in [0.2, 0.25) is 0 Å². The predicted octanol–water partition coefficient (Wildman–Crippen LogP) is 3.52. The van der Waals surface area contributed by atoms with Gasteiger partial charge in [0.1, 0.15) is 10.3 Å². The van der Waals surface area contributed by atoms with Crippen LogP contribution >= 0.6 is 15.9 Å². The number of hydrogen-bond donors (Lipinski definition) is 1. The molecule has 0 amide bonds. The number of anilines is 1. The highest BCUT2D eigenvalue weighted by molar-refractivity contribution is 9.10. The molecule has 0 saturated heterocycles. The molecule has 6 nitrogen and oxygen atoms in total. The zero-order valence-corrected chi connectivity index (χ0v) is 13.1. The summed E-state index contributed by atoms with van der Waals surface area (Å²) < 4.78 is 3.02. The van der Waals surface area contributed by atoms with E-state index in [1.165, 1.54) is 18.5 Å². The van der Waals surface area contributed by atoms with Crippen LogP contribution in [0.3, 0.4) is 0 Å². The Bertz CT molecular complexity index is 694. The molecule has 21 heavy (non-hydrogen) atoms. The first kappa shape index (κ1) is 14.1. The van der Waals surface area contributed by atoms with Crippen molar-refractivity contribution in [3.8, 4) is 0 Å². The van der Waals surface area contributed by atoms with Crippen LogP contribution in [0.5, 0.6) is 0 Å². The van der Waals surface area contributed by atoms with Gasteiger partial charge in [-0.2, -0.15) is 0 Å². The van der Waals surface area contributed by atoms with E-state index in [1.807, 2.05) is 12.4 Å². The number of nitro benzene ring substituents is 1. The number of halogens is 1. The largest absolute Gasteiger partial charge is 0.383 e. The summed E-state index contributed by atoms with van der Waals surface area (Å²) in [5, 5.41) is 13.8. The van der Waals surface area contributed by atoms with Gasteiger partial charge in [-0.1, -0.05) is 6.07 Å². The summed E-state index contributed by atoms with van der Waals surface area (Å²) in [4.78, 5) is 14.9. The lowest BCUT2D eigenvalue weighted by molar-refractivity contribution is -0.383. The number of benzene rings is 1. The van der Waals surface area contributed by atoms with Gasteiger partial charge < -0.3 is 9.88 Å². The van der Waals surface area contributed by atoms with Crippen molar-refractivity contribution >= 4 is 27.3 Å². The van der Waals surface area contributed by atoms with E-state index in [1.54, 1.807) is 19.2 Å². The number of nitrogens with zero attached hydrogens (tertiary/aromatic N) is 3. The van der Waals surface area contributed by atoms with Gasteiger partial charge in [0, 0.05) is 25.6 Å². The summed E-state index contributed by atoms with van der Waals surface area (Å²) in [7, 11) is 1.69. The minimum atomic E-state index is -0.376. The highest BCUT2D eigenvalue weighted by Gasteiger charge is 2.29. The molecule has 0 radical (unpaired) electrons. The average Bonchev–Trinajstić information content (AvgIpc) is 3.23. The topological polar surface area (TPSA) is 73.0 Å². The van der Waals surface area contributed by atoms with Gasteiger partial charge in [-0.15, -0.1) is 0 Å². The van der Waals surface area contributed by atoms with Crippen LogP contribution in [-0.2, 0) is 6.54 Å². The number of rotatable bonds is 5. The lowest BCUT2D eigenvalue weighted by atomic mass is 10.1. The molecule has 1 saturated carbocycles. The molecular weight excluding hydrogens is 336 g/mol. The maximum atomic E-state index is 10.9. The third-order valence-electron chi connectivity index (χ3n) is 3.68. The smallest absolute Gasteiger partial charge is 0.292 e. The van der Waals surface area contributed by atoms with Gasteiger partial charge >= 0.3 is 0 Å². The molecular formula is C14H15BrN4O2. The SMILES string of the molecule is CNc1cc(Cn2cnc(Br)c2C2CC2)ccc1[N+](=O)[O-]. The first-order valence-corrected chi connectivity index (χ1v) is 7.55. The Kier molecular flexibility index (Phi) is 3.67. The van der Waals surface area contributed by atoms with Gasteiger partial charge in [0.25, 0.3) is 5.69 Å². The molecule has 1 aromatic heterocycles. The lowest BCUT2D eigenvalue weighted by Crippen LogP contribution is -2.04. The molecule has 1 aliphatic rings. The summed E-state index contributed by atoms with van der Waals surface area (Å²) >= 11 is 3.50. The van der Waals surface area contributed by atoms with E-state index in [9.17, 15) is 10.1 Å². The first-order chi connectivity index (χ1) is 10.1. The molecule has 2 aromatic rings. The predicted molar refractivity (Wildman–Crippen MR) is 83.6 cm³/mol. The molecule has 0 bridgehead atoms. The van der Waals surface area contributed by atoms with E-state index in [4.69, 9.17) is 0 Å². The molecule has 0 spiro atoms. The molecule has 1 heterocycles. The van der Waals surface area contributed by atoms with Crippen LogP contribution in [0.15, 0.2) is 29.1 Å². The van der Waals surface area contributed by atoms with Crippen LogP contribution in [-0.4, -0.2) is 21.5 Å². The quantitative estimate of drug-likeness (QED) is 0.661. The van der Waals surface area contributed by atoms with E-state index < -0.39 is 0 Å². The zero-order valence-electron chi connectivity index (χ0n) is 11.5. The second-order valence-corrected chi connectivity index (χ2v) is 5.93. The van der Waals surface area contributed by atoms with Crippen LogP contribution in [0.4, 0.5) is 11.4 Å². The van der Waals surface area contributed by atoms with Gasteiger partial charge in [0.2, 0.25) is 0 Å². The summed E-state index contributed by atoms with van der Waals surface area (Å²) in [6.07, 6.45) is 4.22. The fourth-order valence-corrected chi connectivity index (χ4v) is 3.13. The maximum Gasteiger partial charge on any atom is 0.292 e. The monoisotopic (exact) mass is 350 g/mol. The normalized spacial score (nSPS) is 14.2. The number of nitrogens with one attached hydrogen (secondary N) is 1. The molecule has 110 valence electrons. The standard InChI is InChI=1S/C14H15BrN4O2/c1-16-11-6-9(2-5-12(11)19(20)21)7-18-8-17-14(15)13(18)10-3-4-10/h2,5-6,8,10,16H,3-4,7H2,1H3. The summed E-state index contributed by atoms with van der Waals surface area (Å²) in [5.41, 5.74) is 2.86. The number of imidazole rings is 1. The second kappa shape index (κ2) is 5.48. The van der Waals surface area contributed by atoms with Crippen molar-refractivity contribution in [2.75, 3.05) is 12.4 Å². The Morgan fingerprint density at radius 3 is 2.90 bits per heavy atom. The Labute approximate surface area is 130 Å². The minimum absolute atomic E-state index is 0.0930. The Hall–Kier alpha value is -1.89. The zero-order chi connectivity index (χ0) is 15.0. The van der Waals surface area contributed by atoms with Gasteiger partial charge in [-0.3, -0.25) is 10.1 Å². The van der Waals surface area contributed by atoms with Crippen molar-refractivity contribution < 1.29 is 4.92 Å². The number of hydrogen-bond acceptors (Lipinski definition) is 4. The fraction of sp³-hybridized carbons (Fsp3) is 0.357. The van der Waals surface area contributed by atoms with Crippen molar-refractivity contribution in [1.82, 2.24) is 9.55 Å². The van der Waals surface area contributed by atoms with Gasteiger partial charge in [-0.05, 0) is 40.4 Å².